The first kappa shape index (κ1) is 21.4. The third-order valence-electron chi connectivity index (χ3n) is 4.34. The number of carbonyl (C=O) groups excluding carboxylic acids is 1. The number of hydrogen-bond donors (Lipinski definition) is 0. The second-order valence-electron chi connectivity index (χ2n) is 6.35. The van der Waals surface area contributed by atoms with Crippen molar-refractivity contribution in [1.29, 1.82) is 0 Å². The number of halogens is 1. The SMILES string of the molecule is COCCn1c(C)cc(C(=O)CSc2nnc(COc3ccc(Cl)cc3)o2)c1C. The summed E-state index contributed by atoms with van der Waals surface area (Å²) in [5.74, 6) is 1.23. The average Bonchev–Trinajstić information content (AvgIpc) is 3.28. The minimum atomic E-state index is 0.0175. The van der Waals surface area contributed by atoms with E-state index in [0.29, 0.717) is 34.1 Å². The molecule has 3 aromatic rings. The molecule has 29 heavy (non-hydrogen) atoms. The Morgan fingerprint density at radius 1 is 1.24 bits per heavy atom. The van der Waals surface area contributed by atoms with E-state index < -0.39 is 0 Å². The van der Waals surface area contributed by atoms with E-state index in [1.165, 1.54) is 11.8 Å². The summed E-state index contributed by atoms with van der Waals surface area (Å²) in [6.07, 6.45) is 0. The summed E-state index contributed by atoms with van der Waals surface area (Å²) in [6, 6.07) is 8.91. The van der Waals surface area contributed by atoms with Crippen LogP contribution < -0.4 is 4.74 Å². The van der Waals surface area contributed by atoms with Crippen LogP contribution in [0.5, 0.6) is 5.75 Å². The number of thioether (sulfide) groups is 1. The maximum atomic E-state index is 12.6. The lowest BCUT2D eigenvalue weighted by atomic mass is 10.2. The predicted molar refractivity (Wildman–Crippen MR) is 111 cm³/mol. The molecule has 0 saturated carbocycles. The molecule has 0 saturated heterocycles. The standard InChI is InChI=1S/C20H22ClN3O4S/c1-13-10-17(14(2)24(13)8-9-26-3)18(25)12-29-20-23-22-19(28-20)11-27-16-6-4-15(21)5-7-16/h4-7,10H,8-9,11-12H2,1-3H3. The number of Topliss-reactive ketones (excluding diaryl/α,β-unsaturated/α-hetero) is 1. The first-order valence-electron chi connectivity index (χ1n) is 9.00. The van der Waals surface area contributed by atoms with Gasteiger partial charge in [0, 0.05) is 35.6 Å². The largest absolute Gasteiger partial charge is 0.484 e. The van der Waals surface area contributed by atoms with Gasteiger partial charge in [-0.15, -0.1) is 10.2 Å². The third-order valence-corrected chi connectivity index (χ3v) is 5.41. The van der Waals surface area contributed by atoms with Gasteiger partial charge in [-0.1, -0.05) is 23.4 Å². The summed E-state index contributed by atoms with van der Waals surface area (Å²) in [4.78, 5) is 12.6. The van der Waals surface area contributed by atoms with Crippen LogP contribution in [-0.2, 0) is 17.9 Å². The number of rotatable bonds is 10. The van der Waals surface area contributed by atoms with Crippen molar-refractivity contribution in [1.82, 2.24) is 14.8 Å². The number of ketones is 1. The number of benzene rings is 1. The Morgan fingerprint density at radius 2 is 2.00 bits per heavy atom. The van der Waals surface area contributed by atoms with Crippen LogP contribution in [0.15, 0.2) is 40.0 Å². The van der Waals surface area contributed by atoms with Crippen molar-refractivity contribution >= 4 is 29.1 Å². The van der Waals surface area contributed by atoms with Gasteiger partial charge in [0.25, 0.3) is 11.1 Å². The highest BCUT2D eigenvalue weighted by molar-refractivity contribution is 7.99. The van der Waals surface area contributed by atoms with Crippen LogP contribution in [0.2, 0.25) is 5.02 Å². The van der Waals surface area contributed by atoms with Crippen molar-refractivity contribution in [2.45, 2.75) is 32.2 Å². The minimum absolute atomic E-state index is 0.0175. The number of aromatic nitrogens is 3. The van der Waals surface area contributed by atoms with Gasteiger partial charge in [0.05, 0.1) is 12.4 Å². The van der Waals surface area contributed by atoms with Crippen LogP contribution in [0.1, 0.15) is 27.6 Å². The topological polar surface area (TPSA) is 79.4 Å². The molecule has 154 valence electrons. The average molecular weight is 436 g/mol. The molecule has 2 aromatic heterocycles. The maximum absolute atomic E-state index is 12.6. The molecule has 0 N–H and O–H groups in total. The zero-order chi connectivity index (χ0) is 20.8. The van der Waals surface area contributed by atoms with Crippen molar-refractivity contribution in [3.63, 3.8) is 0 Å². The molecule has 0 aliphatic heterocycles. The van der Waals surface area contributed by atoms with Crippen LogP contribution >= 0.6 is 23.4 Å². The molecule has 0 spiro atoms. The van der Waals surface area contributed by atoms with Gasteiger partial charge in [-0.3, -0.25) is 4.79 Å². The van der Waals surface area contributed by atoms with Gasteiger partial charge < -0.3 is 18.5 Å². The van der Waals surface area contributed by atoms with Gasteiger partial charge >= 0.3 is 0 Å². The zero-order valence-electron chi connectivity index (χ0n) is 16.5. The molecule has 2 heterocycles. The number of aryl methyl sites for hydroxylation is 1. The molecule has 0 aliphatic carbocycles. The number of hydrogen-bond acceptors (Lipinski definition) is 7. The summed E-state index contributed by atoms with van der Waals surface area (Å²) < 4.78 is 18.3. The number of methoxy groups -OCH3 is 1. The van der Waals surface area contributed by atoms with Gasteiger partial charge in [0.1, 0.15) is 5.75 Å². The highest BCUT2D eigenvalue weighted by atomic mass is 35.5. The fraction of sp³-hybridized carbons (Fsp3) is 0.350. The molecule has 0 unspecified atom stereocenters. The summed E-state index contributed by atoms with van der Waals surface area (Å²) in [7, 11) is 1.66. The van der Waals surface area contributed by atoms with E-state index in [4.69, 9.17) is 25.5 Å². The van der Waals surface area contributed by atoms with Gasteiger partial charge in [-0.05, 0) is 44.2 Å². The van der Waals surface area contributed by atoms with Crippen LogP contribution in [0, 0.1) is 13.8 Å². The maximum Gasteiger partial charge on any atom is 0.277 e. The van der Waals surface area contributed by atoms with Crippen molar-refractivity contribution in [3.05, 3.63) is 58.2 Å². The molecule has 0 amide bonds. The number of carbonyl (C=O) groups is 1. The lowest BCUT2D eigenvalue weighted by Crippen LogP contribution is -2.09. The highest BCUT2D eigenvalue weighted by Crippen LogP contribution is 2.22. The Balaban J connectivity index is 1.54. The Labute approximate surface area is 178 Å². The summed E-state index contributed by atoms with van der Waals surface area (Å²) in [5.41, 5.74) is 2.68. The fourth-order valence-corrected chi connectivity index (χ4v) is 3.64. The minimum Gasteiger partial charge on any atom is -0.484 e. The van der Waals surface area contributed by atoms with Crippen molar-refractivity contribution in [3.8, 4) is 5.75 Å². The van der Waals surface area contributed by atoms with Gasteiger partial charge in [-0.25, -0.2) is 0 Å². The summed E-state index contributed by atoms with van der Waals surface area (Å²) in [5, 5.41) is 8.89. The Hall–Kier alpha value is -2.29. The van der Waals surface area contributed by atoms with Crippen molar-refractivity contribution in [2.24, 2.45) is 0 Å². The van der Waals surface area contributed by atoms with E-state index in [1.807, 2.05) is 19.9 Å². The molecule has 0 radical (unpaired) electrons. The van der Waals surface area contributed by atoms with Crippen LogP contribution in [0.4, 0.5) is 0 Å². The zero-order valence-corrected chi connectivity index (χ0v) is 18.0. The van der Waals surface area contributed by atoms with E-state index in [-0.39, 0.29) is 18.1 Å². The van der Waals surface area contributed by atoms with E-state index in [2.05, 4.69) is 14.8 Å². The van der Waals surface area contributed by atoms with Crippen LogP contribution in [0.3, 0.4) is 0 Å². The van der Waals surface area contributed by atoms with Gasteiger partial charge in [0.15, 0.2) is 12.4 Å². The monoisotopic (exact) mass is 435 g/mol. The normalized spacial score (nSPS) is 11.0. The molecular formula is C20H22ClN3O4S. The van der Waals surface area contributed by atoms with Crippen molar-refractivity contribution in [2.75, 3.05) is 19.5 Å². The summed E-state index contributed by atoms with van der Waals surface area (Å²) >= 11 is 7.06. The molecule has 0 atom stereocenters. The molecule has 0 fully saturated rings. The first-order chi connectivity index (χ1) is 14.0. The lowest BCUT2D eigenvalue weighted by molar-refractivity contribution is 0.102. The van der Waals surface area contributed by atoms with Crippen molar-refractivity contribution < 1.29 is 18.7 Å². The summed E-state index contributed by atoms with van der Waals surface area (Å²) in [6.45, 7) is 5.39. The lowest BCUT2D eigenvalue weighted by Gasteiger charge is -2.08. The number of nitrogens with zero attached hydrogens (tertiary/aromatic N) is 3. The second kappa shape index (κ2) is 9.96. The predicted octanol–water partition coefficient (Wildman–Crippen LogP) is 4.34. The third kappa shape index (κ3) is 5.62. The van der Waals surface area contributed by atoms with E-state index >= 15 is 0 Å². The molecule has 1 aromatic carbocycles. The van der Waals surface area contributed by atoms with E-state index in [9.17, 15) is 4.79 Å². The fourth-order valence-electron chi connectivity index (χ4n) is 2.85. The molecule has 9 heteroatoms. The Morgan fingerprint density at radius 3 is 2.72 bits per heavy atom. The van der Waals surface area contributed by atoms with E-state index in [0.717, 1.165) is 17.9 Å². The van der Waals surface area contributed by atoms with Crippen LogP contribution in [-0.4, -0.2) is 40.0 Å². The molecule has 3 rings (SSSR count). The smallest absolute Gasteiger partial charge is 0.277 e. The molecular weight excluding hydrogens is 414 g/mol. The van der Waals surface area contributed by atoms with E-state index in [1.54, 1.807) is 31.4 Å². The Kier molecular flexibility index (Phi) is 7.35. The number of ether oxygens (including phenoxy) is 2. The Bertz CT molecular complexity index is 969. The highest BCUT2D eigenvalue weighted by Gasteiger charge is 2.17. The molecule has 0 bridgehead atoms. The van der Waals surface area contributed by atoms with Crippen LogP contribution in [0.25, 0.3) is 0 Å². The molecule has 0 aliphatic rings. The van der Waals surface area contributed by atoms with Gasteiger partial charge in [-0.2, -0.15) is 0 Å². The molecule has 7 nitrogen and oxygen atoms in total. The first-order valence-corrected chi connectivity index (χ1v) is 10.4. The van der Waals surface area contributed by atoms with Gasteiger partial charge in [0.2, 0.25) is 0 Å². The second-order valence-corrected chi connectivity index (χ2v) is 7.71. The quantitative estimate of drug-likeness (QED) is 0.346.